The van der Waals surface area contributed by atoms with Crippen LogP contribution in [0.5, 0.6) is 0 Å². The molecule has 0 rings (SSSR count). The van der Waals surface area contributed by atoms with Gasteiger partial charge in [0, 0.05) is 12.5 Å². The number of unbranched alkanes of at least 4 members (excludes halogenated alkanes) is 1. The molecule has 0 aromatic heterocycles. The predicted molar refractivity (Wildman–Crippen MR) is 64.0 cm³/mol. The molecule has 1 atom stereocenters. The zero-order valence-corrected chi connectivity index (χ0v) is 9.76. The van der Waals surface area contributed by atoms with E-state index in [1.54, 1.807) is 0 Å². The maximum Gasteiger partial charge on any atom is 0.00866 e. The summed E-state index contributed by atoms with van der Waals surface area (Å²) in [6.07, 6.45) is 13.3. The Labute approximate surface area is 89.5 Å². The third-order valence-corrected chi connectivity index (χ3v) is 2.78. The normalized spacial score (nSPS) is 12.8. The van der Waals surface area contributed by atoms with Crippen LogP contribution in [0.1, 0.15) is 58.8 Å². The minimum absolute atomic E-state index is 0.364. The molecular formula is C13H25N. The van der Waals surface area contributed by atoms with Crippen molar-refractivity contribution in [1.29, 1.82) is 0 Å². The summed E-state index contributed by atoms with van der Waals surface area (Å²) < 4.78 is 0. The van der Waals surface area contributed by atoms with Gasteiger partial charge in [0.2, 0.25) is 0 Å². The average molecular weight is 195 g/mol. The molecule has 82 valence electrons. The van der Waals surface area contributed by atoms with Gasteiger partial charge in [0.05, 0.1) is 0 Å². The van der Waals surface area contributed by atoms with Crippen molar-refractivity contribution in [2.24, 2.45) is 11.7 Å². The van der Waals surface area contributed by atoms with Crippen LogP contribution in [0.2, 0.25) is 0 Å². The van der Waals surface area contributed by atoms with E-state index in [1.807, 2.05) is 0 Å². The van der Waals surface area contributed by atoms with Crippen molar-refractivity contribution >= 4 is 0 Å². The first-order chi connectivity index (χ1) is 6.76. The van der Waals surface area contributed by atoms with E-state index in [2.05, 4.69) is 19.8 Å². The fourth-order valence-electron chi connectivity index (χ4n) is 1.99. The van der Waals surface area contributed by atoms with Crippen LogP contribution >= 0.6 is 0 Å². The molecule has 1 heteroatoms. The van der Waals surface area contributed by atoms with Crippen LogP contribution in [0.3, 0.4) is 0 Å². The van der Waals surface area contributed by atoms with Crippen LogP contribution in [0.15, 0.2) is 0 Å². The van der Waals surface area contributed by atoms with E-state index >= 15 is 0 Å². The Hall–Kier alpha value is -0.480. The molecule has 0 aliphatic carbocycles. The molecule has 0 saturated heterocycles. The van der Waals surface area contributed by atoms with Gasteiger partial charge in [-0.1, -0.05) is 26.7 Å². The first-order valence-corrected chi connectivity index (χ1v) is 5.95. The van der Waals surface area contributed by atoms with Crippen molar-refractivity contribution in [3.05, 3.63) is 0 Å². The van der Waals surface area contributed by atoms with Crippen molar-refractivity contribution in [2.75, 3.05) is 0 Å². The quantitative estimate of drug-likeness (QED) is 0.466. The third kappa shape index (κ3) is 6.05. The van der Waals surface area contributed by atoms with Crippen LogP contribution < -0.4 is 5.73 Å². The Kier molecular flexibility index (Phi) is 8.78. The highest BCUT2D eigenvalue weighted by Crippen LogP contribution is 2.19. The van der Waals surface area contributed by atoms with Gasteiger partial charge in [-0.15, -0.1) is 12.3 Å². The fourth-order valence-corrected chi connectivity index (χ4v) is 1.99. The molecule has 0 saturated carbocycles. The Bertz CT molecular complexity index is 151. The van der Waals surface area contributed by atoms with Gasteiger partial charge in [0.25, 0.3) is 0 Å². The summed E-state index contributed by atoms with van der Waals surface area (Å²) in [7, 11) is 0. The maximum absolute atomic E-state index is 6.16. The predicted octanol–water partition coefficient (Wildman–Crippen LogP) is 3.33. The van der Waals surface area contributed by atoms with Crippen molar-refractivity contribution in [3.63, 3.8) is 0 Å². The van der Waals surface area contributed by atoms with Crippen LogP contribution in [0.25, 0.3) is 0 Å². The summed E-state index contributed by atoms with van der Waals surface area (Å²) >= 11 is 0. The number of rotatable bonds is 8. The largest absolute Gasteiger partial charge is 0.327 e. The lowest BCUT2D eigenvalue weighted by Crippen LogP contribution is -2.29. The van der Waals surface area contributed by atoms with Gasteiger partial charge in [0.15, 0.2) is 0 Å². The first kappa shape index (κ1) is 13.5. The van der Waals surface area contributed by atoms with Crippen molar-refractivity contribution in [2.45, 2.75) is 64.8 Å². The second-order valence-corrected chi connectivity index (χ2v) is 4.10. The Morgan fingerprint density at radius 2 is 1.71 bits per heavy atom. The van der Waals surface area contributed by atoms with E-state index in [9.17, 15) is 0 Å². The van der Waals surface area contributed by atoms with Gasteiger partial charge in [0.1, 0.15) is 0 Å². The summed E-state index contributed by atoms with van der Waals surface area (Å²) in [4.78, 5) is 0. The first-order valence-electron chi connectivity index (χ1n) is 5.95. The van der Waals surface area contributed by atoms with Crippen LogP contribution in [0.4, 0.5) is 0 Å². The van der Waals surface area contributed by atoms with Gasteiger partial charge in [-0.05, 0) is 31.6 Å². The van der Waals surface area contributed by atoms with E-state index in [-0.39, 0.29) is 0 Å². The number of hydrogen-bond donors (Lipinski definition) is 1. The average Bonchev–Trinajstić information content (AvgIpc) is 2.18. The highest BCUT2D eigenvalue weighted by Gasteiger charge is 2.15. The molecule has 0 aliphatic rings. The summed E-state index contributed by atoms with van der Waals surface area (Å²) in [5, 5.41) is 0. The van der Waals surface area contributed by atoms with E-state index in [0.717, 1.165) is 19.3 Å². The molecule has 0 aliphatic heterocycles. The number of nitrogens with two attached hydrogens (primary N) is 1. The van der Waals surface area contributed by atoms with Gasteiger partial charge in [-0.3, -0.25) is 0 Å². The zero-order valence-electron chi connectivity index (χ0n) is 9.76. The van der Waals surface area contributed by atoms with Crippen LogP contribution in [-0.4, -0.2) is 6.04 Å². The number of terminal acetylenes is 1. The molecular weight excluding hydrogens is 170 g/mol. The molecule has 0 fully saturated rings. The summed E-state index contributed by atoms with van der Waals surface area (Å²) in [6.45, 7) is 4.47. The molecule has 0 bridgehead atoms. The van der Waals surface area contributed by atoms with Gasteiger partial charge in [-0.2, -0.15) is 0 Å². The summed E-state index contributed by atoms with van der Waals surface area (Å²) in [5.74, 6) is 3.38. The second-order valence-electron chi connectivity index (χ2n) is 4.10. The van der Waals surface area contributed by atoms with Gasteiger partial charge in [-0.25, -0.2) is 0 Å². The topological polar surface area (TPSA) is 26.0 Å². The van der Waals surface area contributed by atoms with Gasteiger partial charge >= 0.3 is 0 Å². The monoisotopic (exact) mass is 195 g/mol. The minimum atomic E-state index is 0.364. The van der Waals surface area contributed by atoms with E-state index in [0.29, 0.717) is 12.0 Å². The lowest BCUT2D eigenvalue weighted by atomic mass is 9.88. The van der Waals surface area contributed by atoms with Gasteiger partial charge < -0.3 is 5.73 Å². The standard InChI is InChI=1S/C13H25N/c1-4-7-8-11-13(14)12(9-5-2)10-6-3/h1,12-13H,5-11,14H2,2-3H3. The van der Waals surface area contributed by atoms with Crippen molar-refractivity contribution in [3.8, 4) is 12.3 Å². The SMILES string of the molecule is C#CCCCC(N)C(CCC)CCC. The van der Waals surface area contributed by atoms with Crippen molar-refractivity contribution in [1.82, 2.24) is 0 Å². The maximum atomic E-state index is 6.16. The lowest BCUT2D eigenvalue weighted by molar-refractivity contribution is 0.343. The van der Waals surface area contributed by atoms with E-state index < -0.39 is 0 Å². The highest BCUT2D eigenvalue weighted by molar-refractivity contribution is 4.84. The molecule has 0 aromatic carbocycles. The zero-order chi connectivity index (χ0) is 10.8. The summed E-state index contributed by atoms with van der Waals surface area (Å²) in [5.41, 5.74) is 6.16. The lowest BCUT2D eigenvalue weighted by Gasteiger charge is -2.22. The van der Waals surface area contributed by atoms with Crippen LogP contribution in [0, 0.1) is 18.3 Å². The molecule has 0 spiro atoms. The molecule has 14 heavy (non-hydrogen) atoms. The smallest absolute Gasteiger partial charge is 0.00866 e. The molecule has 1 unspecified atom stereocenters. The molecule has 2 N–H and O–H groups in total. The van der Waals surface area contributed by atoms with E-state index in [4.69, 9.17) is 12.2 Å². The third-order valence-electron chi connectivity index (χ3n) is 2.78. The summed E-state index contributed by atoms with van der Waals surface area (Å²) in [6, 6.07) is 0.364. The molecule has 0 aromatic rings. The number of hydrogen-bond acceptors (Lipinski definition) is 1. The van der Waals surface area contributed by atoms with Crippen LogP contribution in [-0.2, 0) is 0 Å². The Morgan fingerprint density at radius 1 is 1.14 bits per heavy atom. The minimum Gasteiger partial charge on any atom is -0.327 e. The fraction of sp³-hybridized carbons (Fsp3) is 0.846. The Morgan fingerprint density at radius 3 is 2.14 bits per heavy atom. The molecule has 1 nitrogen and oxygen atoms in total. The Balaban J connectivity index is 3.76. The second kappa shape index (κ2) is 9.09. The molecule has 0 heterocycles. The molecule has 0 amide bonds. The molecule has 0 radical (unpaired) electrons. The van der Waals surface area contributed by atoms with E-state index in [1.165, 1.54) is 25.7 Å². The van der Waals surface area contributed by atoms with Crippen molar-refractivity contribution < 1.29 is 0 Å². The highest BCUT2D eigenvalue weighted by atomic mass is 14.6.